The van der Waals surface area contributed by atoms with Gasteiger partial charge in [0.05, 0.1) is 18.0 Å². The molecule has 2 aromatic heterocycles. The van der Waals surface area contributed by atoms with E-state index in [1.54, 1.807) is 12.4 Å². The number of nitrogens with zero attached hydrogens (tertiary/aromatic N) is 4. The predicted octanol–water partition coefficient (Wildman–Crippen LogP) is 2.90. The number of hydrogen-bond donors (Lipinski definition) is 3. The molecule has 2 saturated heterocycles. The minimum absolute atomic E-state index is 0.107. The fraction of sp³-hybridized carbons (Fsp3) is 0.455. The van der Waals surface area contributed by atoms with Crippen LogP contribution in [0, 0.1) is 0 Å². The summed E-state index contributed by atoms with van der Waals surface area (Å²) >= 11 is 0. The Kier molecular flexibility index (Phi) is 11.1. The molecule has 1 amide bonds. The van der Waals surface area contributed by atoms with Gasteiger partial charge in [0.25, 0.3) is 5.91 Å². The van der Waals surface area contributed by atoms with E-state index in [0.29, 0.717) is 18.3 Å². The van der Waals surface area contributed by atoms with Gasteiger partial charge >= 0.3 is 24.3 Å². The van der Waals surface area contributed by atoms with Crippen LogP contribution in [0.3, 0.4) is 0 Å². The molecule has 3 atom stereocenters. The van der Waals surface area contributed by atoms with Crippen molar-refractivity contribution in [2.75, 3.05) is 11.9 Å². The summed E-state index contributed by atoms with van der Waals surface area (Å²) in [6, 6.07) is 6.36. The highest BCUT2D eigenvalue weighted by atomic mass is 19.4. The predicted molar refractivity (Wildman–Crippen MR) is 119 cm³/mol. The first kappa shape index (κ1) is 31.4. The van der Waals surface area contributed by atoms with Gasteiger partial charge in [-0.3, -0.25) is 19.7 Å². The van der Waals surface area contributed by atoms with E-state index in [9.17, 15) is 31.1 Å². The van der Waals surface area contributed by atoms with E-state index in [1.807, 2.05) is 24.4 Å². The third kappa shape index (κ3) is 10.4. The molecular weight excluding hydrogens is 544 g/mol. The fourth-order valence-electron chi connectivity index (χ4n) is 3.67. The zero-order chi connectivity index (χ0) is 29.2. The van der Waals surface area contributed by atoms with E-state index >= 15 is 0 Å². The largest absolute Gasteiger partial charge is 0.490 e. The standard InChI is InChI=1S/C18H21N5O2.2C2HF3O2/c24-18(22-17-11-19-8-9-21-17)16-5-4-14-15(25-16)6-10-23(14)12-13-3-1-2-7-20-13;2*3-2(4,5)1(6)7/h1-3,7-9,11,14-16H,4-6,10,12H2,(H,21,22,24);2*(H,6,7)/t14-,15-,16+;;/m1../s1. The molecule has 0 spiro atoms. The Hall–Kier alpha value is -3.86. The molecule has 11 nitrogen and oxygen atoms in total. The third-order valence-corrected chi connectivity index (χ3v) is 5.35. The number of likely N-dealkylation sites (tertiary alicyclic amines) is 1. The number of halogens is 6. The maximum atomic E-state index is 12.4. The van der Waals surface area contributed by atoms with Gasteiger partial charge in [0.15, 0.2) is 5.82 Å². The van der Waals surface area contributed by atoms with Gasteiger partial charge in [-0.2, -0.15) is 26.3 Å². The van der Waals surface area contributed by atoms with Gasteiger partial charge in [0.2, 0.25) is 0 Å². The number of carbonyl (C=O) groups is 3. The van der Waals surface area contributed by atoms with Gasteiger partial charge < -0.3 is 20.3 Å². The monoisotopic (exact) mass is 567 g/mol. The molecule has 0 aromatic carbocycles. The number of pyridine rings is 1. The lowest BCUT2D eigenvalue weighted by Gasteiger charge is -2.35. The number of amides is 1. The molecule has 3 N–H and O–H groups in total. The fourth-order valence-corrected chi connectivity index (χ4v) is 3.67. The van der Waals surface area contributed by atoms with Gasteiger partial charge in [-0.15, -0.1) is 0 Å². The Morgan fingerprint density at radius 3 is 2.10 bits per heavy atom. The zero-order valence-electron chi connectivity index (χ0n) is 19.9. The number of hydrogen-bond acceptors (Lipinski definition) is 8. The van der Waals surface area contributed by atoms with Crippen molar-refractivity contribution in [1.82, 2.24) is 19.9 Å². The van der Waals surface area contributed by atoms with Crippen LogP contribution in [0.1, 0.15) is 25.0 Å². The molecule has 214 valence electrons. The van der Waals surface area contributed by atoms with E-state index in [1.165, 1.54) is 6.20 Å². The van der Waals surface area contributed by atoms with Crippen LogP contribution in [-0.4, -0.2) is 85.1 Å². The van der Waals surface area contributed by atoms with Gasteiger partial charge in [0, 0.05) is 37.7 Å². The van der Waals surface area contributed by atoms with Gasteiger partial charge in [-0.05, 0) is 31.4 Å². The Labute approximate surface area is 216 Å². The second-order valence-electron chi connectivity index (χ2n) is 8.07. The number of anilines is 1. The molecule has 2 aliphatic rings. The van der Waals surface area contributed by atoms with E-state index in [0.717, 1.165) is 31.6 Å². The third-order valence-electron chi connectivity index (χ3n) is 5.35. The molecule has 2 aromatic rings. The molecular formula is C22H23F6N5O6. The van der Waals surface area contributed by atoms with Crippen LogP contribution < -0.4 is 5.32 Å². The first-order valence-electron chi connectivity index (χ1n) is 11.1. The highest BCUT2D eigenvalue weighted by Crippen LogP contribution is 2.32. The van der Waals surface area contributed by atoms with Crippen molar-refractivity contribution in [2.45, 2.75) is 56.4 Å². The van der Waals surface area contributed by atoms with Gasteiger partial charge in [0.1, 0.15) is 6.10 Å². The van der Waals surface area contributed by atoms with Crippen molar-refractivity contribution in [3.63, 3.8) is 0 Å². The average molecular weight is 567 g/mol. The highest BCUT2D eigenvalue weighted by Gasteiger charge is 2.42. The SMILES string of the molecule is O=C(Nc1cnccn1)[C@@H]1CC[C@@H]2[C@@H](CCN2Cc2ccccn2)O1.O=C(O)C(F)(F)F.O=C(O)C(F)(F)F. The molecule has 17 heteroatoms. The van der Waals surface area contributed by atoms with Gasteiger partial charge in [-0.1, -0.05) is 6.07 Å². The van der Waals surface area contributed by atoms with Crippen molar-refractivity contribution < 1.29 is 55.7 Å². The number of carboxylic acids is 2. The molecule has 4 heterocycles. The summed E-state index contributed by atoms with van der Waals surface area (Å²) in [5.41, 5.74) is 1.07. The molecule has 39 heavy (non-hydrogen) atoms. The number of aliphatic carboxylic acids is 2. The molecule has 0 saturated carbocycles. The summed E-state index contributed by atoms with van der Waals surface area (Å²) in [6.45, 7) is 1.81. The maximum absolute atomic E-state index is 12.4. The Morgan fingerprint density at radius 1 is 0.949 bits per heavy atom. The van der Waals surface area contributed by atoms with Crippen LogP contribution in [0.15, 0.2) is 43.0 Å². The summed E-state index contributed by atoms with van der Waals surface area (Å²) in [7, 11) is 0. The number of carbonyl (C=O) groups excluding carboxylic acids is 1. The highest BCUT2D eigenvalue weighted by molar-refractivity contribution is 5.93. The van der Waals surface area contributed by atoms with Crippen molar-refractivity contribution in [1.29, 1.82) is 0 Å². The second-order valence-corrected chi connectivity index (χ2v) is 8.07. The summed E-state index contributed by atoms with van der Waals surface area (Å²) in [4.78, 5) is 45.1. The van der Waals surface area contributed by atoms with Crippen LogP contribution in [0.5, 0.6) is 0 Å². The maximum Gasteiger partial charge on any atom is 0.490 e. The topological polar surface area (TPSA) is 155 Å². The summed E-state index contributed by atoms with van der Waals surface area (Å²) in [5, 5.41) is 17.0. The normalized spacial score (nSPS) is 20.8. The van der Waals surface area contributed by atoms with E-state index in [2.05, 4.69) is 25.2 Å². The molecule has 0 radical (unpaired) electrons. The minimum atomic E-state index is -5.08. The Balaban J connectivity index is 0.000000317. The van der Waals surface area contributed by atoms with Gasteiger partial charge in [-0.25, -0.2) is 14.6 Å². The average Bonchev–Trinajstić information content (AvgIpc) is 3.27. The van der Waals surface area contributed by atoms with Crippen LogP contribution in [-0.2, 0) is 25.7 Å². The first-order chi connectivity index (χ1) is 18.2. The first-order valence-corrected chi connectivity index (χ1v) is 11.1. The Bertz CT molecular complexity index is 1070. The minimum Gasteiger partial charge on any atom is -0.475 e. The lowest BCUT2D eigenvalue weighted by atomic mass is 9.98. The summed E-state index contributed by atoms with van der Waals surface area (Å²) in [5.74, 6) is -5.19. The quantitative estimate of drug-likeness (QED) is 0.470. The number of ether oxygens (including phenoxy) is 1. The number of rotatable bonds is 4. The molecule has 0 unspecified atom stereocenters. The van der Waals surface area contributed by atoms with E-state index < -0.39 is 30.4 Å². The van der Waals surface area contributed by atoms with Crippen molar-refractivity contribution in [3.05, 3.63) is 48.7 Å². The Morgan fingerprint density at radius 2 is 1.59 bits per heavy atom. The molecule has 0 bridgehead atoms. The summed E-state index contributed by atoms with van der Waals surface area (Å²) in [6.07, 6.45) is -1.37. The van der Waals surface area contributed by atoms with Crippen molar-refractivity contribution in [3.8, 4) is 0 Å². The molecule has 2 fully saturated rings. The molecule has 4 rings (SSSR count). The number of fused-ring (bicyclic) bond motifs is 1. The van der Waals surface area contributed by atoms with Crippen molar-refractivity contribution in [2.24, 2.45) is 0 Å². The number of aromatic nitrogens is 3. The van der Waals surface area contributed by atoms with Crippen LogP contribution >= 0.6 is 0 Å². The number of nitrogens with one attached hydrogen (secondary N) is 1. The second kappa shape index (κ2) is 13.8. The van der Waals surface area contributed by atoms with Crippen molar-refractivity contribution >= 4 is 23.7 Å². The molecule has 0 aliphatic carbocycles. The smallest absolute Gasteiger partial charge is 0.475 e. The zero-order valence-corrected chi connectivity index (χ0v) is 19.9. The number of carboxylic acid groups (broad SMARTS) is 2. The van der Waals surface area contributed by atoms with Crippen LogP contribution in [0.4, 0.5) is 32.2 Å². The number of alkyl halides is 6. The van der Waals surface area contributed by atoms with Crippen LogP contribution in [0.2, 0.25) is 0 Å². The van der Waals surface area contributed by atoms with Crippen LogP contribution in [0.25, 0.3) is 0 Å². The van der Waals surface area contributed by atoms with E-state index in [-0.39, 0.29) is 12.0 Å². The van der Waals surface area contributed by atoms with E-state index in [4.69, 9.17) is 24.5 Å². The lowest BCUT2D eigenvalue weighted by Crippen LogP contribution is -2.46. The lowest BCUT2D eigenvalue weighted by molar-refractivity contribution is -0.193. The summed E-state index contributed by atoms with van der Waals surface area (Å²) < 4.78 is 69.6. The molecule has 2 aliphatic heterocycles.